The molecule has 8 nitrogen and oxygen atoms in total. The van der Waals surface area contributed by atoms with Crippen LogP contribution in [0, 0.1) is 20.8 Å². The summed E-state index contributed by atoms with van der Waals surface area (Å²) in [6.45, 7) is 7.27. The summed E-state index contributed by atoms with van der Waals surface area (Å²) in [5, 5.41) is 7.27. The van der Waals surface area contributed by atoms with Crippen LogP contribution in [0.2, 0.25) is 0 Å². The van der Waals surface area contributed by atoms with Gasteiger partial charge in [0.1, 0.15) is 0 Å². The summed E-state index contributed by atoms with van der Waals surface area (Å²) in [4.78, 5) is 35.8. The van der Waals surface area contributed by atoms with Crippen molar-refractivity contribution in [3.8, 4) is 0 Å². The minimum absolute atomic E-state index is 0.0448. The van der Waals surface area contributed by atoms with Gasteiger partial charge < -0.3 is 10.2 Å². The number of anilines is 1. The third kappa shape index (κ3) is 4.30. The molecule has 156 valence electrons. The molecule has 2 aromatic heterocycles. The van der Waals surface area contributed by atoms with Crippen LogP contribution in [-0.4, -0.2) is 60.9 Å². The van der Waals surface area contributed by atoms with Crippen molar-refractivity contribution in [3.05, 3.63) is 52.6 Å². The van der Waals surface area contributed by atoms with Gasteiger partial charge in [-0.3, -0.25) is 9.59 Å². The van der Waals surface area contributed by atoms with Crippen LogP contribution in [-0.2, 0) is 11.2 Å². The Morgan fingerprint density at radius 2 is 1.87 bits per heavy atom. The molecule has 0 atom stereocenters. The number of hydrogen-bond acceptors (Lipinski definition) is 6. The lowest BCUT2D eigenvalue weighted by Crippen LogP contribution is -2.37. The van der Waals surface area contributed by atoms with E-state index in [1.54, 1.807) is 16.6 Å². The van der Waals surface area contributed by atoms with Crippen molar-refractivity contribution in [2.24, 2.45) is 0 Å². The second-order valence-electron chi connectivity index (χ2n) is 7.44. The fourth-order valence-electron chi connectivity index (χ4n) is 3.51. The van der Waals surface area contributed by atoms with Crippen LogP contribution in [0.5, 0.6) is 0 Å². The molecule has 3 heterocycles. The monoisotopic (exact) mass is 424 g/mol. The van der Waals surface area contributed by atoms with Crippen LogP contribution in [0.4, 0.5) is 5.69 Å². The molecule has 1 fully saturated rings. The number of thioether (sulfide) groups is 1. The van der Waals surface area contributed by atoms with Crippen LogP contribution < -0.4 is 5.32 Å². The van der Waals surface area contributed by atoms with Gasteiger partial charge in [0.2, 0.25) is 5.91 Å². The molecule has 0 unspecified atom stereocenters. The first kappa shape index (κ1) is 20.3. The lowest BCUT2D eigenvalue weighted by Gasteiger charge is -2.26. The maximum atomic E-state index is 12.7. The molecule has 2 amide bonds. The SMILES string of the molecule is Cc1cc(C)n2nc(CC(=O)Nc3ccc(C(=O)N4CCSCC4)cc3C)nc2n1. The fourth-order valence-corrected chi connectivity index (χ4v) is 4.41. The van der Waals surface area contributed by atoms with Gasteiger partial charge in [0.25, 0.3) is 11.7 Å². The van der Waals surface area contributed by atoms with E-state index in [9.17, 15) is 9.59 Å². The van der Waals surface area contributed by atoms with Gasteiger partial charge in [0.05, 0.1) is 6.42 Å². The number of carbonyl (C=O) groups is 2. The van der Waals surface area contributed by atoms with E-state index in [0.29, 0.717) is 22.9 Å². The highest BCUT2D eigenvalue weighted by Crippen LogP contribution is 2.20. The van der Waals surface area contributed by atoms with Crippen LogP contribution in [0.1, 0.15) is 33.1 Å². The highest BCUT2D eigenvalue weighted by Gasteiger charge is 2.19. The number of benzene rings is 1. The molecule has 1 aromatic carbocycles. The van der Waals surface area contributed by atoms with Crippen LogP contribution in [0.25, 0.3) is 5.78 Å². The molecule has 1 saturated heterocycles. The lowest BCUT2D eigenvalue weighted by atomic mass is 10.1. The van der Waals surface area contributed by atoms with Gasteiger partial charge in [0.15, 0.2) is 5.82 Å². The molecule has 1 aliphatic rings. The van der Waals surface area contributed by atoms with Gasteiger partial charge in [-0.2, -0.15) is 16.7 Å². The third-order valence-electron chi connectivity index (χ3n) is 5.03. The maximum absolute atomic E-state index is 12.7. The van der Waals surface area contributed by atoms with Gasteiger partial charge in [-0.1, -0.05) is 0 Å². The van der Waals surface area contributed by atoms with E-state index in [0.717, 1.165) is 41.5 Å². The second-order valence-corrected chi connectivity index (χ2v) is 8.66. The highest BCUT2D eigenvalue weighted by molar-refractivity contribution is 7.99. The van der Waals surface area contributed by atoms with Gasteiger partial charge in [0, 0.05) is 47.2 Å². The largest absolute Gasteiger partial charge is 0.337 e. The Kier molecular flexibility index (Phi) is 5.72. The van der Waals surface area contributed by atoms with Crippen molar-refractivity contribution >= 4 is 35.0 Å². The van der Waals surface area contributed by atoms with E-state index < -0.39 is 0 Å². The van der Waals surface area contributed by atoms with E-state index in [-0.39, 0.29) is 18.2 Å². The average molecular weight is 425 g/mol. The van der Waals surface area contributed by atoms with Gasteiger partial charge >= 0.3 is 0 Å². The fraction of sp³-hybridized carbons (Fsp3) is 0.381. The molecule has 1 aliphatic heterocycles. The normalized spacial score (nSPS) is 14.2. The van der Waals surface area contributed by atoms with Crippen molar-refractivity contribution < 1.29 is 9.59 Å². The number of nitrogens with one attached hydrogen (secondary N) is 1. The Bertz CT molecular complexity index is 1120. The average Bonchev–Trinajstić information content (AvgIpc) is 3.12. The number of carbonyl (C=O) groups excluding carboxylic acids is 2. The second kappa shape index (κ2) is 8.43. The van der Waals surface area contributed by atoms with Gasteiger partial charge in [-0.05, 0) is 50.6 Å². The molecule has 0 bridgehead atoms. The van der Waals surface area contributed by atoms with Crippen molar-refractivity contribution in [3.63, 3.8) is 0 Å². The van der Waals surface area contributed by atoms with Gasteiger partial charge in [-0.15, -0.1) is 5.10 Å². The van der Waals surface area contributed by atoms with E-state index in [2.05, 4.69) is 20.4 Å². The Labute approximate surface area is 179 Å². The Hall–Kier alpha value is -2.94. The first-order valence-corrected chi connectivity index (χ1v) is 11.0. The molecule has 0 aliphatic carbocycles. The minimum atomic E-state index is -0.212. The number of hydrogen-bond donors (Lipinski definition) is 1. The van der Waals surface area contributed by atoms with E-state index in [4.69, 9.17) is 0 Å². The summed E-state index contributed by atoms with van der Waals surface area (Å²) in [5.41, 5.74) is 3.95. The zero-order chi connectivity index (χ0) is 21.3. The van der Waals surface area contributed by atoms with E-state index >= 15 is 0 Å². The molecule has 3 aromatic rings. The molecule has 4 rings (SSSR count). The smallest absolute Gasteiger partial charge is 0.253 e. The molecular formula is C21H24N6O2S. The van der Waals surface area contributed by atoms with Crippen LogP contribution in [0.3, 0.4) is 0 Å². The quantitative estimate of drug-likeness (QED) is 0.692. The lowest BCUT2D eigenvalue weighted by molar-refractivity contribution is -0.115. The number of amides is 2. The highest BCUT2D eigenvalue weighted by atomic mass is 32.2. The van der Waals surface area contributed by atoms with E-state index in [1.807, 2.05) is 49.6 Å². The van der Waals surface area contributed by atoms with Crippen molar-refractivity contribution in [1.82, 2.24) is 24.5 Å². The number of nitrogens with zero attached hydrogens (tertiary/aromatic N) is 5. The summed E-state index contributed by atoms with van der Waals surface area (Å²) in [6, 6.07) is 7.30. The molecule has 9 heteroatoms. The third-order valence-corrected chi connectivity index (χ3v) is 5.97. The summed E-state index contributed by atoms with van der Waals surface area (Å²) >= 11 is 1.87. The van der Waals surface area contributed by atoms with Crippen LogP contribution in [0.15, 0.2) is 24.3 Å². The summed E-state index contributed by atoms with van der Waals surface area (Å²) in [6.07, 6.45) is 0.0490. The molecule has 30 heavy (non-hydrogen) atoms. The number of aryl methyl sites for hydroxylation is 3. The molecule has 0 radical (unpaired) electrons. The first-order chi connectivity index (χ1) is 14.4. The molecular weight excluding hydrogens is 400 g/mol. The molecule has 1 N–H and O–H groups in total. The minimum Gasteiger partial charge on any atom is -0.337 e. The summed E-state index contributed by atoms with van der Waals surface area (Å²) in [5.74, 6) is 2.69. The van der Waals surface area contributed by atoms with Gasteiger partial charge in [-0.25, -0.2) is 9.50 Å². The van der Waals surface area contributed by atoms with Crippen molar-refractivity contribution in [2.45, 2.75) is 27.2 Å². The molecule has 0 saturated carbocycles. The van der Waals surface area contributed by atoms with Crippen molar-refractivity contribution in [1.29, 1.82) is 0 Å². The Balaban J connectivity index is 1.44. The maximum Gasteiger partial charge on any atom is 0.253 e. The topological polar surface area (TPSA) is 92.5 Å². The van der Waals surface area contributed by atoms with E-state index in [1.165, 1.54) is 0 Å². The number of fused-ring (bicyclic) bond motifs is 1. The first-order valence-electron chi connectivity index (χ1n) is 9.88. The van der Waals surface area contributed by atoms with Crippen LogP contribution >= 0.6 is 11.8 Å². The standard InChI is InChI=1S/C21H24N6O2S/c1-13-10-16(20(29)26-6-8-30-9-7-26)4-5-17(13)23-19(28)12-18-24-21-22-14(2)11-15(3)27(21)25-18/h4-5,10-11H,6-9,12H2,1-3H3,(H,23,28). The Morgan fingerprint density at radius 3 is 2.60 bits per heavy atom. The molecule has 0 spiro atoms. The van der Waals surface area contributed by atoms with Crippen molar-refractivity contribution in [2.75, 3.05) is 29.9 Å². The summed E-state index contributed by atoms with van der Waals surface area (Å²) in [7, 11) is 0. The predicted octanol–water partition coefficient (Wildman–Crippen LogP) is 2.42. The number of rotatable bonds is 4. The summed E-state index contributed by atoms with van der Waals surface area (Å²) < 4.78 is 1.64. The zero-order valence-electron chi connectivity index (χ0n) is 17.3. The zero-order valence-corrected chi connectivity index (χ0v) is 18.1. The Morgan fingerprint density at radius 1 is 1.10 bits per heavy atom. The predicted molar refractivity (Wildman–Crippen MR) is 117 cm³/mol. The number of aromatic nitrogens is 4.